The molecular formula is C12H21N3O2. The molecule has 1 heterocycles. The Morgan fingerprint density at radius 3 is 2.71 bits per heavy atom. The van der Waals surface area contributed by atoms with Gasteiger partial charge in [-0.05, 0) is 25.3 Å². The van der Waals surface area contributed by atoms with E-state index in [0.717, 1.165) is 5.69 Å². The maximum absolute atomic E-state index is 11.8. The van der Waals surface area contributed by atoms with Crippen molar-refractivity contribution in [3.63, 3.8) is 0 Å². The predicted molar refractivity (Wildman–Crippen MR) is 65.7 cm³/mol. The summed E-state index contributed by atoms with van der Waals surface area (Å²) in [5.74, 6) is 0.219. The Labute approximate surface area is 102 Å². The Hall–Kier alpha value is -1.36. The summed E-state index contributed by atoms with van der Waals surface area (Å²) in [5, 5.41) is 16.5. The number of rotatable bonds is 5. The Balaban J connectivity index is 2.47. The first-order chi connectivity index (χ1) is 7.90. The summed E-state index contributed by atoms with van der Waals surface area (Å²) < 4.78 is 1.54. The number of nitrogens with one attached hydrogen (secondary N) is 1. The molecule has 1 atom stereocenters. The molecule has 1 aromatic heterocycles. The van der Waals surface area contributed by atoms with Crippen molar-refractivity contribution in [2.24, 2.45) is 13.0 Å². The second-order valence-corrected chi connectivity index (χ2v) is 4.79. The normalized spacial score (nSPS) is 12.8. The highest BCUT2D eigenvalue weighted by Crippen LogP contribution is 2.04. The minimum atomic E-state index is -0.492. The van der Waals surface area contributed by atoms with E-state index < -0.39 is 6.10 Å². The lowest BCUT2D eigenvalue weighted by molar-refractivity contribution is 0.0891. The third-order valence-corrected chi connectivity index (χ3v) is 2.48. The molecule has 1 unspecified atom stereocenters. The van der Waals surface area contributed by atoms with E-state index in [1.807, 2.05) is 20.8 Å². The molecule has 0 aliphatic heterocycles. The molecule has 1 rings (SSSR count). The van der Waals surface area contributed by atoms with E-state index in [1.165, 1.54) is 0 Å². The van der Waals surface area contributed by atoms with Crippen LogP contribution in [0.3, 0.4) is 0 Å². The van der Waals surface area contributed by atoms with Gasteiger partial charge in [0.25, 0.3) is 5.91 Å². The van der Waals surface area contributed by atoms with Crippen LogP contribution in [0.5, 0.6) is 0 Å². The first-order valence-corrected chi connectivity index (χ1v) is 5.87. The highest BCUT2D eigenvalue weighted by atomic mass is 16.3. The van der Waals surface area contributed by atoms with Crippen molar-refractivity contribution in [2.75, 3.05) is 6.54 Å². The maximum atomic E-state index is 11.8. The Kier molecular flexibility index (Phi) is 4.69. The lowest BCUT2D eigenvalue weighted by Crippen LogP contribution is -2.33. The number of nitrogens with zero attached hydrogens (tertiary/aromatic N) is 2. The molecule has 0 aromatic carbocycles. The quantitative estimate of drug-likeness (QED) is 0.801. The van der Waals surface area contributed by atoms with Crippen LogP contribution in [0.4, 0.5) is 0 Å². The second kappa shape index (κ2) is 5.82. The summed E-state index contributed by atoms with van der Waals surface area (Å²) >= 11 is 0. The van der Waals surface area contributed by atoms with E-state index in [4.69, 9.17) is 0 Å². The fourth-order valence-corrected chi connectivity index (χ4v) is 1.75. The van der Waals surface area contributed by atoms with E-state index in [-0.39, 0.29) is 12.5 Å². The van der Waals surface area contributed by atoms with Gasteiger partial charge in [-0.1, -0.05) is 13.8 Å². The van der Waals surface area contributed by atoms with E-state index in [0.29, 0.717) is 18.0 Å². The van der Waals surface area contributed by atoms with E-state index >= 15 is 0 Å². The van der Waals surface area contributed by atoms with Crippen LogP contribution in [0.1, 0.15) is 36.5 Å². The maximum Gasteiger partial charge on any atom is 0.269 e. The molecule has 1 amide bonds. The molecular weight excluding hydrogens is 218 g/mol. The summed E-state index contributed by atoms with van der Waals surface area (Å²) in [6.07, 6.45) is 0.193. The first kappa shape index (κ1) is 13.7. The van der Waals surface area contributed by atoms with Gasteiger partial charge in [0, 0.05) is 13.6 Å². The van der Waals surface area contributed by atoms with Gasteiger partial charge in [-0.15, -0.1) is 0 Å². The van der Waals surface area contributed by atoms with Gasteiger partial charge < -0.3 is 10.4 Å². The average Bonchev–Trinajstić information content (AvgIpc) is 2.53. The van der Waals surface area contributed by atoms with E-state index in [9.17, 15) is 9.90 Å². The molecule has 0 radical (unpaired) electrons. The van der Waals surface area contributed by atoms with Crippen LogP contribution < -0.4 is 5.32 Å². The third kappa shape index (κ3) is 4.19. The van der Waals surface area contributed by atoms with Gasteiger partial charge >= 0.3 is 0 Å². The van der Waals surface area contributed by atoms with Crippen LogP contribution in [0.15, 0.2) is 6.07 Å². The van der Waals surface area contributed by atoms with Crippen molar-refractivity contribution >= 4 is 5.91 Å². The number of aliphatic hydroxyl groups is 1. The van der Waals surface area contributed by atoms with Gasteiger partial charge in [0.1, 0.15) is 5.69 Å². The predicted octanol–water partition coefficient (Wildman–Crippen LogP) is 0.865. The second-order valence-electron chi connectivity index (χ2n) is 4.79. The fourth-order valence-electron chi connectivity index (χ4n) is 1.75. The minimum Gasteiger partial charge on any atom is -0.391 e. The Morgan fingerprint density at radius 1 is 1.59 bits per heavy atom. The van der Waals surface area contributed by atoms with Crippen LogP contribution in [-0.4, -0.2) is 33.4 Å². The van der Waals surface area contributed by atoms with Gasteiger partial charge in [0.15, 0.2) is 0 Å². The highest BCUT2D eigenvalue weighted by molar-refractivity contribution is 5.92. The molecule has 2 N–H and O–H groups in total. The monoisotopic (exact) mass is 239 g/mol. The molecule has 1 aromatic rings. The van der Waals surface area contributed by atoms with Gasteiger partial charge in [-0.2, -0.15) is 5.10 Å². The van der Waals surface area contributed by atoms with Crippen molar-refractivity contribution in [1.29, 1.82) is 0 Å². The van der Waals surface area contributed by atoms with Crippen molar-refractivity contribution < 1.29 is 9.90 Å². The summed E-state index contributed by atoms with van der Waals surface area (Å²) in [4.78, 5) is 11.8. The Morgan fingerprint density at radius 2 is 2.24 bits per heavy atom. The molecule has 0 aliphatic rings. The van der Waals surface area contributed by atoms with Crippen LogP contribution >= 0.6 is 0 Å². The van der Waals surface area contributed by atoms with Gasteiger partial charge in [-0.3, -0.25) is 9.48 Å². The average molecular weight is 239 g/mol. The molecule has 0 spiro atoms. The lowest BCUT2D eigenvalue weighted by atomic mass is 10.1. The Bertz CT molecular complexity index is 385. The molecule has 0 aliphatic carbocycles. The smallest absolute Gasteiger partial charge is 0.269 e. The van der Waals surface area contributed by atoms with E-state index in [2.05, 4.69) is 10.4 Å². The first-order valence-electron chi connectivity index (χ1n) is 5.87. The van der Waals surface area contributed by atoms with Crippen molar-refractivity contribution in [2.45, 2.75) is 33.3 Å². The number of aryl methyl sites for hydroxylation is 2. The molecule has 5 nitrogen and oxygen atoms in total. The number of amides is 1. The number of aliphatic hydroxyl groups excluding tert-OH is 1. The topological polar surface area (TPSA) is 67.2 Å². The molecule has 0 saturated carbocycles. The van der Waals surface area contributed by atoms with Crippen LogP contribution in [0, 0.1) is 12.8 Å². The molecule has 0 saturated heterocycles. The fraction of sp³-hybridized carbons (Fsp3) is 0.667. The molecule has 96 valence electrons. The van der Waals surface area contributed by atoms with E-state index in [1.54, 1.807) is 17.8 Å². The van der Waals surface area contributed by atoms with Crippen molar-refractivity contribution in [1.82, 2.24) is 15.1 Å². The van der Waals surface area contributed by atoms with Crippen LogP contribution in [0.25, 0.3) is 0 Å². The molecule has 0 bridgehead atoms. The number of carbonyl (C=O) groups is 1. The highest BCUT2D eigenvalue weighted by Gasteiger charge is 2.13. The molecule has 5 heteroatoms. The number of hydrogen-bond acceptors (Lipinski definition) is 3. The minimum absolute atomic E-state index is 0.198. The van der Waals surface area contributed by atoms with Gasteiger partial charge in [0.2, 0.25) is 0 Å². The zero-order valence-corrected chi connectivity index (χ0v) is 10.9. The lowest BCUT2D eigenvalue weighted by Gasteiger charge is -2.13. The molecule has 0 fully saturated rings. The third-order valence-electron chi connectivity index (χ3n) is 2.48. The van der Waals surface area contributed by atoms with Gasteiger partial charge in [-0.25, -0.2) is 0 Å². The summed E-state index contributed by atoms with van der Waals surface area (Å²) in [5.41, 5.74) is 1.32. The zero-order chi connectivity index (χ0) is 13.0. The van der Waals surface area contributed by atoms with Crippen LogP contribution in [-0.2, 0) is 7.05 Å². The van der Waals surface area contributed by atoms with Crippen molar-refractivity contribution in [3.8, 4) is 0 Å². The van der Waals surface area contributed by atoms with Crippen LogP contribution in [0.2, 0.25) is 0 Å². The number of aromatic nitrogens is 2. The summed E-state index contributed by atoms with van der Waals surface area (Å²) in [6.45, 7) is 6.19. The van der Waals surface area contributed by atoms with Crippen molar-refractivity contribution in [3.05, 3.63) is 17.5 Å². The number of carbonyl (C=O) groups excluding carboxylic acids is 1. The molecule has 17 heavy (non-hydrogen) atoms. The standard InChI is InChI=1S/C12H21N3O2/c1-8(2)5-10(16)7-13-12(17)11-6-9(3)14-15(11)4/h6,8,10,16H,5,7H2,1-4H3,(H,13,17). The summed E-state index contributed by atoms with van der Waals surface area (Å²) in [7, 11) is 1.73. The summed E-state index contributed by atoms with van der Waals surface area (Å²) in [6, 6.07) is 1.73. The zero-order valence-electron chi connectivity index (χ0n) is 10.9. The number of hydrogen-bond donors (Lipinski definition) is 2. The SMILES string of the molecule is Cc1cc(C(=O)NCC(O)CC(C)C)n(C)n1. The largest absolute Gasteiger partial charge is 0.391 e. The van der Waals surface area contributed by atoms with Gasteiger partial charge in [0.05, 0.1) is 11.8 Å².